The van der Waals surface area contributed by atoms with Gasteiger partial charge in [0.05, 0.1) is 13.7 Å². The molecule has 128 valence electrons. The molecule has 0 atom stereocenters. The van der Waals surface area contributed by atoms with Crippen LogP contribution < -0.4 is 24.8 Å². The average molecular weight is 330 g/mol. The van der Waals surface area contributed by atoms with Gasteiger partial charge in [0, 0.05) is 0 Å². The van der Waals surface area contributed by atoms with Gasteiger partial charge in [-0.25, -0.2) is 4.79 Å². The van der Waals surface area contributed by atoms with Crippen molar-refractivity contribution in [1.82, 2.24) is 10.6 Å². The molecule has 2 N–H and O–H groups in total. The van der Waals surface area contributed by atoms with Crippen LogP contribution in [0.1, 0.15) is 5.56 Å². The van der Waals surface area contributed by atoms with Gasteiger partial charge in [-0.2, -0.15) is 0 Å². The van der Waals surface area contributed by atoms with Crippen LogP contribution in [-0.2, 0) is 0 Å². The number of benzene rings is 2. The van der Waals surface area contributed by atoms with Crippen molar-refractivity contribution < 1.29 is 19.0 Å². The summed E-state index contributed by atoms with van der Waals surface area (Å²) in [5, 5.41) is 5.31. The predicted octanol–water partition coefficient (Wildman–Crippen LogP) is 2.72. The molecule has 2 amide bonds. The second kappa shape index (κ2) is 9.29. The Morgan fingerprint density at radius 2 is 1.46 bits per heavy atom. The van der Waals surface area contributed by atoms with Crippen LogP contribution in [0.2, 0.25) is 0 Å². The van der Waals surface area contributed by atoms with E-state index in [2.05, 4.69) is 10.6 Å². The van der Waals surface area contributed by atoms with Crippen LogP contribution in [0.5, 0.6) is 17.2 Å². The third kappa shape index (κ3) is 6.08. The fourth-order valence-corrected chi connectivity index (χ4v) is 1.89. The van der Waals surface area contributed by atoms with E-state index in [4.69, 9.17) is 14.2 Å². The zero-order chi connectivity index (χ0) is 17.2. The molecule has 6 heteroatoms. The number of ether oxygens (including phenoxy) is 3. The number of urea groups is 1. The van der Waals surface area contributed by atoms with Crippen LogP contribution in [0.25, 0.3) is 0 Å². The fraction of sp³-hybridized carbons (Fsp3) is 0.278. The fourth-order valence-electron chi connectivity index (χ4n) is 1.89. The van der Waals surface area contributed by atoms with Gasteiger partial charge in [0.15, 0.2) is 6.73 Å². The van der Waals surface area contributed by atoms with Gasteiger partial charge in [0.1, 0.15) is 23.9 Å². The number of amides is 2. The molecule has 0 saturated carbocycles. The van der Waals surface area contributed by atoms with E-state index in [1.54, 1.807) is 7.11 Å². The highest BCUT2D eigenvalue weighted by Gasteiger charge is 2.00. The van der Waals surface area contributed by atoms with Crippen molar-refractivity contribution in [3.05, 3.63) is 54.1 Å². The van der Waals surface area contributed by atoms with Crippen molar-refractivity contribution >= 4 is 6.03 Å². The summed E-state index contributed by atoms with van der Waals surface area (Å²) in [6.07, 6.45) is 0. The average Bonchev–Trinajstić information content (AvgIpc) is 2.61. The first-order chi connectivity index (χ1) is 11.7. The van der Waals surface area contributed by atoms with E-state index in [0.717, 1.165) is 17.1 Å². The SMILES string of the molecule is COc1ccc(OCCNC(=O)NCOc2ccc(C)cc2)cc1. The Labute approximate surface area is 141 Å². The minimum Gasteiger partial charge on any atom is -0.497 e. The van der Waals surface area contributed by atoms with E-state index in [-0.39, 0.29) is 12.8 Å². The van der Waals surface area contributed by atoms with Gasteiger partial charge in [-0.3, -0.25) is 0 Å². The molecule has 2 aromatic carbocycles. The molecule has 0 aliphatic rings. The number of methoxy groups -OCH3 is 1. The molecule has 0 aliphatic carbocycles. The number of nitrogens with one attached hydrogen (secondary N) is 2. The van der Waals surface area contributed by atoms with Crippen LogP contribution in [0, 0.1) is 6.92 Å². The first-order valence-electron chi connectivity index (χ1n) is 7.65. The molecule has 0 aliphatic heterocycles. The number of carbonyl (C=O) groups excluding carboxylic acids is 1. The summed E-state index contributed by atoms with van der Waals surface area (Å²) < 4.78 is 16.0. The zero-order valence-corrected chi connectivity index (χ0v) is 13.9. The van der Waals surface area contributed by atoms with Crippen LogP contribution in [0.3, 0.4) is 0 Å². The number of rotatable bonds is 8. The standard InChI is InChI=1S/C18H22N2O4/c1-14-3-5-17(6-4-14)24-13-20-18(21)19-11-12-23-16-9-7-15(22-2)8-10-16/h3-10H,11-13H2,1-2H3,(H2,19,20,21). The normalized spacial score (nSPS) is 9.92. The van der Waals surface area contributed by atoms with E-state index in [9.17, 15) is 4.79 Å². The lowest BCUT2D eigenvalue weighted by atomic mass is 10.2. The second-order valence-electron chi connectivity index (χ2n) is 5.06. The van der Waals surface area contributed by atoms with Gasteiger partial charge in [-0.15, -0.1) is 0 Å². The lowest BCUT2D eigenvalue weighted by Gasteiger charge is -2.10. The zero-order valence-electron chi connectivity index (χ0n) is 13.9. The molecule has 24 heavy (non-hydrogen) atoms. The van der Waals surface area contributed by atoms with E-state index in [0.29, 0.717) is 18.9 Å². The van der Waals surface area contributed by atoms with Crippen LogP contribution in [0.4, 0.5) is 4.79 Å². The molecular formula is C18H22N2O4. The maximum Gasteiger partial charge on any atom is 0.317 e. The smallest absolute Gasteiger partial charge is 0.317 e. The molecule has 0 heterocycles. The highest BCUT2D eigenvalue weighted by atomic mass is 16.5. The van der Waals surface area contributed by atoms with Crippen LogP contribution >= 0.6 is 0 Å². The van der Waals surface area contributed by atoms with Crippen molar-refractivity contribution in [3.8, 4) is 17.2 Å². The minimum atomic E-state index is -0.305. The van der Waals surface area contributed by atoms with Crippen molar-refractivity contribution in [3.63, 3.8) is 0 Å². The summed E-state index contributed by atoms with van der Waals surface area (Å²) in [6.45, 7) is 2.87. The van der Waals surface area contributed by atoms with E-state index in [1.807, 2.05) is 55.5 Å². The van der Waals surface area contributed by atoms with Gasteiger partial charge in [-0.1, -0.05) is 17.7 Å². The summed E-state index contributed by atoms with van der Waals surface area (Å²) in [6, 6.07) is 14.6. The maximum absolute atomic E-state index is 11.6. The van der Waals surface area contributed by atoms with Crippen molar-refractivity contribution in [2.24, 2.45) is 0 Å². The number of hydrogen-bond donors (Lipinski definition) is 2. The van der Waals surface area contributed by atoms with Crippen molar-refractivity contribution in [2.45, 2.75) is 6.92 Å². The Morgan fingerprint density at radius 1 is 0.875 bits per heavy atom. The van der Waals surface area contributed by atoms with Gasteiger partial charge in [-0.05, 0) is 43.3 Å². The Morgan fingerprint density at radius 3 is 2.12 bits per heavy atom. The van der Waals surface area contributed by atoms with Crippen LogP contribution in [-0.4, -0.2) is 33.0 Å². The topological polar surface area (TPSA) is 68.8 Å². The second-order valence-corrected chi connectivity index (χ2v) is 5.06. The third-order valence-corrected chi connectivity index (χ3v) is 3.21. The lowest BCUT2D eigenvalue weighted by molar-refractivity contribution is 0.220. The molecule has 6 nitrogen and oxygen atoms in total. The van der Waals surface area contributed by atoms with Crippen LogP contribution in [0.15, 0.2) is 48.5 Å². The van der Waals surface area contributed by atoms with Gasteiger partial charge in [0.2, 0.25) is 0 Å². The first kappa shape index (κ1) is 17.5. The molecule has 0 unspecified atom stereocenters. The van der Waals surface area contributed by atoms with E-state index >= 15 is 0 Å². The van der Waals surface area contributed by atoms with E-state index < -0.39 is 0 Å². The number of aryl methyl sites for hydroxylation is 1. The predicted molar refractivity (Wildman–Crippen MR) is 91.7 cm³/mol. The van der Waals surface area contributed by atoms with Gasteiger partial charge < -0.3 is 24.8 Å². The lowest BCUT2D eigenvalue weighted by Crippen LogP contribution is -2.39. The largest absolute Gasteiger partial charge is 0.497 e. The monoisotopic (exact) mass is 330 g/mol. The van der Waals surface area contributed by atoms with E-state index in [1.165, 1.54) is 0 Å². The molecule has 0 bridgehead atoms. The molecule has 0 saturated heterocycles. The molecule has 0 aromatic heterocycles. The quantitative estimate of drug-likeness (QED) is 0.577. The molecular weight excluding hydrogens is 308 g/mol. The number of carbonyl (C=O) groups is 1. The first-order valence-corrected chi connectivity index (χ1v) is 7.65. The summed E-state index contributed by atoms with van der Waals surface area (Å²) in [7, 11) is 1.61. The maximum atomic E-state index is 11.6. The number of hydrogen-bond acceptors (Lipinski definition) is 4. The summed E-state index contributed by atoms with van der Waals surface area (Å²) in [5.41, 5.74) is 1.16. The highest BCUT2D eigenvalue weighted by molar-refractivity contribution is 5.73. The minimum absolute atomic E-state index is 0.105. The Kier molecular flexibility index (Phi) is 6.76. The Bertz CT molecular complexity index is 626. The van der Waals surface area contributed by atoms with Crippen molar-refractivity contribution in [1.29, 1.82) is 0 Å². The highest BCUT2D eigenvalue weighted by Crippen LogP contribution is 2.16. The summed E-state index contributed by atoms with van der Waals surface area (Å²) >= 11 is 0. The molecule has 2 rings (SSSR count). The third-order valence-electron chi connectivity index (χ3n) is 3.21. The van der Waals surface area contributed by atoms with Gasteiger partial charge >= 0.3 is 6.03 Å². The molecule has 0 fully saturated rings. The summed E-state index contributed by atoms with van der Waals surface area (Å²) in [4.78, 5) is 11.6. The van der Waals surface area contributed by atoms with Gasteiger partial charge in [0.25, 0.3) is 0 Å². The summed E-state index contributed by atoms with van der Waals surface area (Å²) in [5.74, 6) is 2.21. The molecule has 0 radical (unpaired) electrons. The molecule has 2 aromatic rings. The molecule has 0 spiro atoms. The Balaban J connectivity index is 1.56. The Hall–Kier alpha value is -2.89. The van der Waals surface area contributed by atoms with Crippen molar-refractivity contribution in [2.75, 3.05) is 27.0 Å².